The molecular formula is C17H20N2O4. The molecule has 0 atom stereocenters. The summed E-state index contributed by atoms with van der Waals surface area (Å²) in [5.41, 5.74) is 1.07. The van der Waals surface area contributed by atoms with E-state index in [0.29, 0.717) is 22.2 Å². The van der Waals surface area contributed by atoms with Crippen molar-refractivity contribution in [2.45, 2.75) is 26.4 Å². The van der Waals surface area contributed by atoms with Crippen LogP contribution in [-0.2, 0) is 9.47 Å². The highest BCUT2D eigenvalue weighted by Gasteiger charge is 2.21. The van der Waals surface area contributed by atoms with Crippen LogP contribution in [-0.4, -0.2) is 36.8 Å². The summed E-state index contributed by atoms with van der Waals surface area (Å²) >= 11 is 0. The van der Waals surface area contributed by atoms with Gasteiger partial charge in [0.2, 0.25) is 0 Å². The van der Waals surface area contributed by atoms with E-state index in [0.717, 1.165) is 0 Å². The molecule has 1 aromatic heterocycles. The molecule has 0 N–H and O–H groups in total. The number of benzene rings is 1. The van der Waals surface area contributed by atoms with Crippen LogP contribution >= 0.6 is 0 Å². The van der Waals surface area contributed by atoms with Crippen molar-refractivity contribution in [3.8, 4) is 0 Å². The van der Waals surface area contributed by atoms with Gasteiger partial charge >= 0.3 is 12.1 Å². The minimum absolute atomic E-state index is 0.400. The van der Waals surface area contributed by atoms with Gasteiger partial charge in [-0.25, -0.2) is 9.59 Å². The third-order valence-corrected chi connectivity index (χ3v) is 3.19. The Hall–Kier alpha value is -2.63. The number of hydrogen-bond donors (Lipinski definition) is 0. The molecule has 2 aromatic rings. The molecule has 23 heavy (non-hydrogen) atoms. The molecule has 0 aliphatic heterocycles. The van der Waals surface area contributed by atoms with Gasteiger partial charge in [-0.2, -0.15) is 0 Å². The molecule has 0 radical (unpaired) electrons. The van der Waals surface area contributed by atoms with E-state index in [9.17, 15) is 9.59 Å². The number of rotatable bonds is 2. The van der Waals surface area contributed by atoms with E-state index in [1.165, 1.54) is 12.0 Å². The van der Waals surface area contributed by atoms with Crippen molar-refractivity contribution in [3.05, 3.63) is 36.0 Å². The molecule has 6 heteroatoms. The van der Waals surface area contributed by atoms with Gasteiger partial charge in [-0.1, -0.05) is 0 Å². The highest BCUT2D eigenvalue weighted by molar-refractivity contribution is 6.04. The van der Waals surface area contributed by atoms with Gasteiger partial charge in [-0.05, 0) is 45.0 Å². The van der Waals surface area contributed by atoms with Crippen molar-refractivity contribution in [1.29, 1.82) is 0 Å². The average molecular weight is 316 g/mol. The van der Waals surface area contributed by atoms with Crippen LogP contribution in [0.4, 0.5) is 10.5 Å². The van der Waals surface area contributed by atoms with Gasteiger partial charge in [0.1, 0.15) is 5.60 Å². The molecule has 6 nitrogen and oxygen atoms in total. The molecule has 122 valence electrons. The molecule has 0 aliphatic carbocycles. The first kappa shape index (κ1) is 16.7. The Bertz CT molecular complexity index is 750. The van der Waals surface area contributed by atoms with Crippen LogP contribution in [0.1, 0.15) is 31.1 Å². The standard InChI is InChI=1S/C17H20N2O4/c1-17(2,3)23-16(21)19(4)11-6-7-14-13(10-11)12(8-9-18-14)15(20)22-5/h6-10H,1-5H3. The average Bonchev–Trinajstić information content (AvgIpc) is 2.50. The number of pyridine rings is 1. The van der Waals surface area contributed by atoms with Crippen LogP contribution in [0, 0.1) is 0 Å². The number of anilines is 1. The van der Waals surface area contributed by atoms with E-state index in [-0.39, 0.29) is 0 Å². The Labute approximate surface area is 135 Å². The minimum atomic E-state index is -0.582. The molecule has 0 saturated carbocycles. The quantitative estimate of drug-likeness (QED) is 0.794. The highest BCUT2D eigenvalue weighted by Crippen LogP contribution is 2.24. The molecule has 2 rings (SSSR count). The van der Waals surface area contributed by atoms with Gasteiger partial charge in [0.05, 0.1) is 18.2 Å². The Balaban J connectivity index is 2.43. The second-order valence-corrected chi connectivity index (χ2v) is 6.09. The number of amides is 1. The van der Waals surface area contributed by atoms with Crippen molar-refractivity contribution in [3.63, 3.8) is 0 Å². The van der Waals surface area contributed by atoms with Crippen LogP contribution in [0.5, 0.6) is 0 Å². The number of ether oxygens (including phenoxy) is 2. The summed E-state index contributed by atoms with van der Waals surface area (Å²) < 4.78 is 10.1. The predicted octanol–water partition coefficient (Wildman–Crippen LogP) is 3.39. The van der Waals surface area contributed by atoms with E-state index in [2.05, 4.69) is 4.98 Å². The van der Waals surface area contributed by atoms with Crippen LogP contribution in [0.15, 0.2) is 30.5 Å². The summed E-state index contributed by atoms with van der Waals surface area (Å²) in [4.78, 5) is 29.6. The van der Waals surface area contributed by atoms with E-state index >= 15 is 0 Å². The van der Waals surface area contributed by atoms with Gasteiger partial charge in [-0.15, -0.1) is 0 Å². The first-order chi connectivity index (χ1) is 10.7. The Morgan fingerprint density at radius 2 is 1.87 bits per heavy atom. The molecule has 0 unspecified atom stereocenters. The number of methoxy groups -OCH3 is 1. The molecule has 0 saturated heterocycles. The summed E-state index contributed by atoms with van der Waals surface area (Å²) in [5, 5.41) is 0.618. The summed E-state index contributed by atoms with van der Waals surface area (Å²) in [7, 11) is 2.94. The first-order valence-corrected chi connectivity index (χ1v) is 7.17. The predicted molar refractivity (Wildman–Crippen MR) is 87.7 cm³/mol. The molecule has 0 spiro atoms. The van der Waals surface area contributed by atoms with Crippen LogP contribution in [0.3, 0.4) is 0 Å². The molecular weight excluding hydrogens is 296 g/mol. The maximum absolute atomic E-state index is 12.2. The van der Waals surface area contributed by atoms with Gasteiger partial charge in [0.15, 0.2) is 0 Å². The van der Waals surface area contributed by atoms with E-state index < -0.39 is 17.7 Å². The summed E-state index contributed by atoms with van der Waals surface area (Å²) in [6, 6.07) is 6.81. The van der Waals surface area contributed by atoms with Crippen molar-refractivity contribution >= 4 is 28.7 Å². The van der Waals surface area contributed by atoms with Crippen LogP contribution in [0.25, 0.3) is 10.9 Å². The second kappa shape index (κ2) is 6.24. The summed E-state index contributed by atoms with van der Waals surface area (Å²) in [6.45, 7) is 5.41. The van der Waals surface area contributed by atoms with Gasteiger partial charge in [0.25, 0.3) is 0 Å². The number of fused-ring (bicyclic) bond motifs is 1. The lowest BCUT2D eigenvalue weighted by atomic mass is 10.1. The SMILES string of the molecule is COC(=O)c1ccnc2ccc(N(C)C(=O)OC(C)(C)C)cc12. The zero-order chi connectivity index (χ0) is 17.2. The second-order valence-electron chi connectivity index (χ2n) is 6.09. The Morgan fingerprint density at radius 3 is 2.48 bits per heavy atom. The number of nitrogens with zero attached hydrogens (tertiary/aromatic N) is 2. The Kier molecular flexibility index (Phi) is 4.54. The third-order valence-electron chi connectivity index (χ3n) is 3.19. The smallest absolute Gasteiger partial charge is 0.414 e. The molecule has 1 heterocycles. The molecule has 1 aromatic carbocycles. The van der Waals surface area contributed by atoms with Crippen molar-refractivity contribution < 1.29 is 19.1 Å². The molecule has 1 amide bonds. The molecule has 0 aliphatic rings. The van der Waals surface area contributed by atoms with Gasteiger partial charge in [0, 0.05) is 24.3 Å². The number of aromatic nitrogens is 1. The zero-order valence-electron chi connectivity index (χ0n) is 13.9. The van der Waals surface area contributed by atoms with Crippen molar-refractivity contribution in [1.82, 2.24) is 4.98 Å². The fraction of sp³-hybridized carbons (Fsp3) is 0.353. The molecule has 0 fully saturated rings. The van der Waals surface area contributed by atoms with E-state index in [1.54, 1.807) is 58.3 Å². The number of esters is 1. The van der Waals surface area contributed by atoms with Crippen LogP contribution in [0.2, 0.25) is 0 Å². The normalized spacial score (nSPS) is 11.2. The lowest BCUT2D eigenvalue weighted by Crippen LogP contribution is -2.34. The molecule has 0 bridgehead atoms. The zero-order valence-corrected chi connectivity index (χ0v) is 13.9. The third kappa shape index (κ3) is 3.77. The topological polar surface area (TPSA) is 68.7 Å². The van der Waals surface area contributed by atoms with E-state index in [1.807, 2.05) is 0 Å². The largest absolute Gasteiger partial charge is 0.465 e. The van der Waals surface area contributed by atoms with Crippen LogP contribution < -0.4 is 4.90 Å². The number of carbonyl (C=O) groups excluding carboxylic acids is 2. The van der Waals surface area contributed by atoms with E-state index in [4.69, 9.17) is 9.47 Å². The van der Waals surface area contributed by atoms with Gasteiger partial charge in [-0.3, -0.25) is 9.88 Å². The lowest BCUT2D eigenvalue weighted by molar-refractivity contribution is 0.0585. The van der Waals surface area contributed by atoms with Crippen molar-refractivity contribution in [2.75, 3.05) is 19.1 Å². The number of hydrogen-bond acceptors (Lipinski definition) is 5. The lowest BCUT2D eigenvalue weighted by Gasteiger charge is -2.24. The Morgan fingerprint density at radius 1 is 1.17 bits per heavy atom. The monoisotopic (exact) mass is 316 g/mol. The van der Waals surface area contributed by atoms with Crippen molar-refractivity contribution in [2.24, 2.45) is 0 Å². The first-order valence-electron chi connectivity index (χ1n) is 7.17. The fourth-order valence-corrected chi connectivity index (χ4v) is 2.07. The summed E-state index contributed by atoms with van der Waals surface area (Å²) in [6.07, 6.45) is 1.08. The van der Waals surface area contributed by atoms with Gasteiger partial charge < -0.3 is 9.47 Å². The maximum Gasteiger partial charge on any atom is 0.414 e. The number of carbonyl (C=O) groups is 2. The summed E-state index contributed by atoms with van der Waals surface area (Å²) in [5.74, 6) is -0.450. The highest BCUT2D eigenvalue weighted by atomic mass is 16.6. The maximum atomic E-state index is 12.2. The fourth-order valence-electron chi connectivity index (χ4n) is 2.07. The minimum Gasteiger partial charge on any atom is -0.465 e.